The molecule has 1 aliphatic rings. The van der Waals surface area contributed by atoms with Crippen molar-refractivity contribution in [2.45, 2.75) is 32.5 Å². The van der Waals surface area contributed by atoms with Gasteiger partial charge < -0.3 is 29.2 Å². The van der Waals surface area contributed by atoms with Gasteiger partial charge in [0.05, 0.1) is 0 Å². The van der Waals surface area contributed by atoms with Crippen LogP contribution in [0.1, 0.15) is 12.8 Å². The molecule has 0 aromatic heterocycles. The number of fused-ring (bicyclic) bond motifs is 1. The SMILES string of the molecule is C[Si](C)(C)OCCC1=CC[C-]=C1.[Cl-].[Cl-].[Zr+4].c1ccc2[cH-]ccc2c1. The van der Waals surface area contributed by atoms with Crippen molar-refractivity contribution in [1.82, 2.24) is 0 Å². The Morgan fingerprint density at radius 1 is 1.12 bits per heavy atom. The van der Waals surface area contributed by atoms with E-state index in [0.717, 1.165) is 19.4 Å². The van der Waals surface area contributed by atoms with Gasteiger partial charge in [0.2, 0.25) is 0 Å². The first kappa shape index (κ1) is 26.2. The van der Waals surface area contributed by atoms with Crippen molar-refractivity contribution in [3.05, 3.63) is 66.3 Å². The Kier molecular flexibility index (Phi) is 14.4. The molecule has 1 nitrogen and oxygen atoms in total. The second-order valence-electron chi connectivity index (χ2n) is 6.20. The molecule has 0 atom stereocenters. The van der Waals surface area contributed by atoms with Crippen LogP contribution in [-0.2, 0) is 30.6 Å². The van der Waals surface area contributed by atoms with E-state index in [0.29, 0.717) is 0 Å². The van der Waals surface area contributed by atoms with E-state index in [1.165, 1.54) is 16.3 Å². The third-order valence-electron chi connectivity index (χ3n) is 3.24. The minimum absolute atomic E-state index is 0. The van der Waals surface area contributed by atoms with Gasteiger partial charge in [-0.15, -0.1) is 36.1 Å². The summed E-state index contributed by atoms with van der Waals surface area (Å²) in [7, 11) is -1.29. The van der Waals surface area contributed by atoms with Crippen LogP contribution in [0.2, 0.25) is 19.6 Å². The van der Waals surface area contributed by atoms with Gasteiger partial charge in [-0.05, 0) is 19.6 Å². The Bertz CT molecular complexity index is 599. The van der Waals surface area contributed by atoms with Gasteiger partial charge in [0, 0.05) is 6.61 Å². The van der Waals surface area contributed by atoms with Gasteiger partial charge in [0.25, 0.3) is 0 Å². The summed E-state index contributed by atoms with van der Waals surface area (Å²) >= 11 is 0. The van der Waals surface area contributed by atoms with Gasteiger partial charge >= 0.3 is 26.2 Å². The van der Waals surface area contributed by atoms with Crippen molar-refractivity contribution < 1.29 is 55.4 Å². The van der Waals surface area contributed by atoms with E-state index < -0.39 is 8.32 Å². The molecule has 0 aliphatic heterocycles. The molecule has 24 heavy (non-hydrogen) atoms. The first-order valence-electron chi connectivity index (χ1n) is 7.55. The van der Waals surface area contributed by atoms with Gasteiger partial charge in [-0.2, -0.15) is 29.2 Å². The smallest absolute Gasteiger partial charge is 1.00 e. The molecule has 0 N–H and O–H groups in total. The molecule has 2 aromatic carbocycles. The van der Waals surface area contributed by atoms with E-state index in [1.54, 1.807) is 0 Å². The average molecular weight is 459 g/mol. The van der Waals surface area contributed by atoms with Crippen LogP contribution in [0, 0.1) is 6.08 Å². The topological polar surface area (TPSA) is 9.23 Å². The normalized spacial score (nSPS) is 12.2. The van der Waals surface area contributed by atoms with Crippen molar-refractivity contribution in [3.8, 4) is 0 Å². The van der Waals surface area contributed by atoms with Crippen molar-refractivity contribution in [2.24, 2.45) is 0 Å². The standard InChI is InChI=1S/C10H17OSi.C9H7.2ClH.Zr/c1-12(2,3)11-9-8-10-6-4-5-7-10;1-2-5-9-7-3-6-8(9)4-1;;;/h6-7H,4,8-9H2,1-3H3;1-7H;2*1H;/q2*-1;;;+4/p-2. The summed E-state index contributed by atoms with van der Waals surface area (Å²) in [6.45, 7) is 7.54. The van der Waals surface area contributed by atoms with E-state index in [2.05, 4.69) is 80.3 Å². The zero-order valence-electron chi connectivity index (χ0n) is 14.5. The minimum atomic E-state index is -1.29. The van der Waals surface area contributed by atoms with Crippen LogP contribution in [0.5, 0.6) is 0 Å². The molecular weight excluding hydrogens is 434 g/mol. The van der Waals surface area contributed by atoms with E-state index in [-0.39, 0.29) is 51.0 Å². The molecule has 3 rings (SSSR count). The predicted octanol–water partition coefficient (Wildman–Crippen LogP) is -0.518. The Hall–Kier alpha value is -0.0500. The minimum Gasteiger partial charge on any atom is -1.00 e. The molecule has 0 amide bonds. The number of rotatable bonds is 4. The number of halogens is 2. The van der Waals surface area contributed by atoms with Crippen molar-refractivity contribution in [2.75, 3.05) is 6.61 Å². The summed E-state index contributed by atoms with van der Waals surface area (Å²) in [5, 5.41) is 2.66. The summed E-state index contributed by atoms with van der Waals surface area (Å²) < 4.78 is 5.74. The molecule has 0 heterocycles. The number of hydrogen-bond donors (Lipinski definition) is 0. The molecule has 0 unspecified atom stereocenters. The molecule has 0 bridgehead atoms. The molecule has 2 aromatic rings. The van der Waals surface area contributed by atoms with E-state index >= 15 is 0 Å². The summed E-state index contributed by atoms with van der Waals surface area (Å²) in [6.07, 6.45) is 9.49. The summed E-state index contributed by atoms with van der Waals surface area (Å²) in [5.41, 5.74) is 1.38. The van der Waals surface area contributed by atoms with Gasteiger partial charge in [-0.3, -0.25) is 6.08 Å². The Morgan fingerprint density at radius 2 is 1.83 bits per heavy atom. The summed E-state index contributed by atoms with van der Waals surface area (Å²) in [5.74, 6) is 0. The fourth-order valence-corrected chi connectivity index (χ4v) is 2.87. The van der Waals surface area contributed by atoms with Gasteiger partial charge in [-0.25, -0.2) is 6.08 Å². The molecule has 0 saturated carbocycles. The zero-order chi connectivity index (χ0) is 15.1. The largest absolute Gasteiger partial charge is 4.00 e. The third kappa shape index (κ3) is 10.1. The molecule has 0 spiro atoms. The van der Waals surface area contributed by atoms with Crippen LogP contribution in [0.25, 0.3) is 10.8 Å². The maximum Gasteiger partial charge on any atom is 4.00 e. The Balaban J connectivity index is 0. The second kappa shape index (κ2) is 13.2. The van der Waals surface area contributed by atoms with Gasteiger partial charge in [-0.1, -0.05) is 12.5 Å². The molecule has 0 radical (unpaired) electrons. The van der Waals surface area contributed by atoms with Crippen LogP contribution in [-0.4, -0.2) is 14.9 Å². The van der Waals surface area contributed by atoms with E-state index in [4.69, 9.17) is 4.43 Å². The summed E-state index contributed by atoms with van der Waals surface area (Å²) in [4.78, 5) is 0. The quantitative estimate of drug-likeness (QED) is 0.443. The first-order chi connectivity index (χ1) is 10.0. The Labute approximate surface area is 179 Å². The molecule has 5 heteroatoms. The van der Waals surface area contributed by atoms with E-state index in [1.807, 2.05) is 0 Å². The van der Waals surface area contributed by atoms with E-state index in [9.17, 15) is 0 Å². The Morgan fingerprint density at radius 3 is 2.42 bits per heavy atom. The number of hydrogen-bond acceptors (Lipinski definition) is 1. The molecular formula is C19H24Cl2OSiZr. The van der Waals surface area contributed by atoms with Gasteiger partial charge in [0.1, 0.15) is 0 Å². The fraction of sp³-hybridized carbons (Fsp3) is 0.316. The molecule has 1 aliphatic carbocycles. The monoisotopic (exact) mass is 456 g/mol. The predicted molar refractivity (Wildman–Crippen MR) is 94.0 cm³/mol. The number of allylic oxidation sites excluding steroid dienone is 3. The van der Waals surface area contributed by atoms with Crippen molar-refractivity contribution >= 4 is 19.1 Å². The van der Waals surface area contributed by atoms with Crippen LogP contribution in [0.4, 0.5) is 0 Å². The van der Waals surface area contributed by atoms with Crippen LogP contribution in [0.3, 0.4) is 0 Å². The average Bonchev–Trinajstić information content (AvgIpc) is 3.08. The second-order valence-corrected chi connectivity index (χ2v) is 10.7. The third-order valence-corrected chi connectivity index (χ3v) is 4.31. The maximum atomic E-state index is 5.74. The van der Waals surface area contributed by atoms with Gasteiger partial charge in [0.15, 0.2) is 8.32 Å². The van der Waals surface area contributed by atoms with Crippen LogP contribution >= 0.6 is 0 Å². The molecule has 0 fully saturated rings. The zero-order valence-corrected chi connectivity index (χ0v) is 19.5. The fourth-order valence-electron chi connectivity index (χ4n) is 2.16. The number of benzene rings is 1. The first-order valence-corrected chi connectivity index (χ1v) is 11.0. The summed E-state index contributed by atoms with van der Waals surface area (Å²) in [6, 6.07) is 14.7. The molecule has 128 valence electrons. The van der Waals surface area contributed by atoms with Crippen molar-refractivity contribution in [3.63, 3.8) is 0 Å². The van der Waals surface area contributed by atoms with Crippen LogP contribution < -0.4 is 24.8 Å². The van der Waals surface area contributed by atoms with Crippen molar-refractivity contribution in [1.29, 1.82) is 0 Å². The molecule has 0 saturated heterocycles. The van der Waals surface area contributed by atoms with Crippen LogP contribution in [0.15, 0.2) is 60.2 Å². The maximum absolute atomic E-state index is 5.74.